The third-order valence-corrected chi connectivity index (χ3v) is 4.03. The van der Waals surface area contributed by atoms with Crippen molar-refractivity contribution in [2.24, 2.45) is 5.73 Å². The minimum Gasteiger partial charge on any atom is -0.480 e. The normalized spacial score (nSPS) is 13.8. The van der Waals surface area contributed by atoms with Crippen molar-refractivity contribution in [2.45, 2.75) is 22.0 Å². The fourth-order valence-electron chi connectivity index (χ4n) is 1.52. The first-order valence-electron chi connectivity index (χ1n) is 5.98. The van der Waals surface area contributed by atoms with E-state index in [9.17, 15) is 13.2 Å². The highest BCUT2D eigenvalue weighted by Crippen LogP contribution is 2.27. The predicted octanol–water partition coefficient (Wildman–Crippen LogP) is 1.86. The molecule has 0 amide bonds. The predicted molar refractivity (Wildman–Crippen MR) is 84.6 cm³/mol. The van der Waals surface area contributed by atoms with Crippen molar-refractivity contribution in [2.75, 3.05) is 6.61 Å². The van der Waals surface area contributed by atoms with Crippen molar-refractivity contribution < 1.29 is 22.5 Å². The van der Waals surface area contributed by atoms with E-state index in [-0.39, 0.29) is 12.2 Å². The van der Waals surface area contributed by atoms with Gasteiger partial charge in [0.15, 0.2) is 0 Å². The Balaban J connectivity index is 2.65. The monoisotopic (exact) mass is 389 g/mol. The van der Waals surface area contributed by atoms with Crippen LogP contribution in [0.1, 0.15) is 11.1 Å². The summed E-state index contributed by atoms with van der Waals surface area (Å²) in [4.78, 5) is 10.7. The summed E-state index contributed by atoms with van der Waals surface area (Å²) in [5.41, 5.74) is 6.55. The minimum absolute atomic E-state index is 0.145. The molecule has 0 fully saturated rings. The highest BCUT2D eigenvalue weighted by atomic mass is 35.6. The van der Waals surface area contributed by atoms with Crippen molar-refractivity contribution in [3.8, 4) is 0 Å². The van der Waals surface area contributed by atoms with Crippen LogP contribution in [0.5, 0.6) is 0 Å². The number of hydrogen-bond donors (Lipinski definition) is 2. The molecule has 0 aliphatic rings. The molecule has 0 saturated carbocycles. The van der Waals surface area contributed by atoms with E-state index in [4.69, 9.17) is 45.6 Å². The van der Waals surface area contributed by atoms with Gasteiger partial charge in [-0.3, -0.25) is 8.98 Å². The molecule has 1 rings (SSSR count). The van der Waals surface area contributed by atoms with Crippen molar-refractivity contribution in [3.05, 3.63) is 35.4 Å². The van der Waals surface area contributed by atoms with Crippen LogP contribution in [0.15, 0.2) is 24.3 Å². The van der Waals surface area contributed by atoms with Gasteiger partial charge in [-0.1, -0.05) is 59.1 Å². The first-order chi connectivity index (χ1) is 9.98. The van der Waals surface area contributed by atoms with E-state index in [0.717, 1.165) is 0 Å². The summed E-state index contributed by atoms with van der Waals surface area (Å²) in [7, 11) is -3.89. The number of rotatable bonds is 7. The lowest BCUT2D eigenvalue weighted by Crippen LogP contribution is -2.32. The van der Waals surface area contributed by atoms with Crippen LogP contribution in [0.4, 0.5) is 0 Å². The number of benzene rings is 1. The first-order valence-corrected chi connectivity index (χ1v) is 8.70. The fourth-order valence-corrected chi connectivity index (χ4v) is 2.91. The number of hydrogen-bond acceptors (Lipinski definition) is 5. The molecule has 0 aromatic heterocycles. The molecule has 1 aromatic carbocycles. The van der Waals surface area contributed by atoms with Crippen LogP contribution in [0.25, 0.3) is 0 Å². The van der Waals surface area contributed by atoms with Crippen molar-refractivity contribution in [3.63, 3.8) is 0 Å². The molecule has 0 heterocycles. The highest BCUT2D eigenvalue weighted by Gasteiger charge is 2.24. The molecule has 0 radical (unpaired) electrons. The van der Waals surface area contributed by atoms with Gasteiger partial charge in [-0.15, -0.1) is 0 Å². The largest absolute Gasteiger partial charge is 0.480 e. The van der Waals surface area contributed by atoms with Gasteiger partial charge in [-0.25, -0.2) is 0 Å². The zero-order chi connectivity index (χ0) is 17.0. The van der Waals surface area contributed by atoms with Crippen molar-refractivity contribution in [1.82, 2.24) is 0 Å². The number of alkyl halides is 3. The lowest BCUT2D eigenvalue weighted by atomic mass is 10.1. The maximum Gasteiger partial charge on any atom is 0.320 e. The van der Waals surface area contributed by atoms with E-state index in [1.165, 1.54) is 0 Å². The molecule has 22 heavy (non-hydrogen) atoms. The summed E-state index contributed by atoms with van der Waals surface area (Å²) in [6.45, 7) is -0.578. The van der Waals surface area contributed by atoms with Crippen LogP contribution in [-0.4, -0.2) is 35.9 Å². The van der Waals surface area contributed by atoms with Crippen LogP contribution >= 0.6 is 34.8 Å². The number of carboxylic acids is 1. The Labute approximate surface area is 143 Å². The lowest BCUT2D eigenvalue weighted by molar-refractivity contribution is -0.138. The fraction of sp³-hybridized carbons (Fsp3) is 0.417. The summed E-state index contributed by atoms with van der Waals surface area (Å²) in [6, 6.07) is 5.27. The van der Waals surface area contributed by atoms with Gasteiger partial charge in [-0.05, 0) is 17.5 Å². The maximum absolute atomic E-state index is 11.7. The SMILES string of the molecule is N[C@@H](Cc1ccc(CS(=O)(=O)OCC(Cl)(Cl)Cl)cc1)C(=O)O. The van der Waals surface area contributed by atoms with Gasteiger partial charge in [0, 0.05) is 0 Å². The van der Waals surface area contributed by atoms with Crippen LogP contribution < -0.4 is 5.73 Å². The van der Waals surface area contributed by atoms with Crippen LogP contribution in [-0.2, 0) is 31.3 Å². The molecule has 3 N–H and O–H groups in total. The summed E-state index contributed by atoms with van der Waals surface area (Å²) in [6.07, 6.45) is 0.145. The van der Waals surface area contributed by atoms with E-state index < -0.39 is 32.5 Å². The maximum atomic E-state index is 11.7. The number of carbonyl (C=O) groups is 1. The highest BCUT2D eigenvalue weighted by molar-refractivity contribution is 7.85. The summed E-state index contributed by atoms with van der Waals surface area (Å²) in [5.74, 6) is -1.49. The van der Waals surface area contributed by atoms with Crippen molar-refractivity contribution in [1.29, 1.82) is 0 Å². The van der Waals surface area contributed by atoms with Crippen molar-refractivity contribution >= 4 is 50.9 Å². The third kappa shape index (κ3) is 7.62. The number of halogens is 3. The summed E-state index contributed by atoms with van der Waals surface area (Å²) < 4.78 is 26.2. The second kappa shape index (κ2) is 7.81. The minimum atomic E-state index is -3.89. The lowest BCUT2D eigenvalue weighted by Gasteiger charge is -2.11. The zero-order valence-electron chi connectivity index (χ0n) is 11.2. The van der Waals surface area contributed by atoms with Gasteiger partial charge in [0.1, 0.15) is 18.4 Å². The Hall–Kier alpha value is -0.570. The van der Waals surface area contributed by atoms with Gasteiger partial charge in [-0.2, -0.15) is 8.42 Å². The molecule has 124 valence electrons. The van der Waals surface area contributed by atoms with E-state index in [0.29, 0.717) is 11.1 Å². The van der Waals surface area contributed by atoms with E-state index in [2.05, 4.69) is 4.18 Å². The molecule has 1 aromatic rings. The molecule has 1 atom stereocenters. The molecule has 0 spiro atoms. The van der Waals surface area contributed by atoms with Gasteiger partial charge in [0.25, 0.3) is 10.1 Å². The Bertz CT molecular complexity index is 613. The first kappa shape index (κ1) is 19.5. The standard InChI is InChI=1S/C12H14Cl3NO5S/c13-12(14,15)7-21-22(19,20)6-9-3-1-8(2-4-9)5-10(16)11(17)18/h1-4,10H,5-7,16H2,(H,17,18)/t10-/m0/s1. The average Bonchev–Trinajstić information content (AvgIpc) is 2.38. The van der Waals surface area contributed by atoms with Crippen LogP contribution in [0.2, 0.25) is 0 Å². The molecular formula is C12H14Cl3NO5S. The third-order valence-electron chi connectivity index (χ3n) is 2.54. The average molecular weight is 391 g/mol. The van der Waals surface area contributed by atoms with Gasteiger partial charge < -0.3 is 10.8 Å². The Morgan fingerprint density at radius 2 is 1.73 bits per heavy atom. The number of carboxylic acid groups (broad SMARTS) is 1. The molecule has 10 heteroatoms. The Morgan fingerprint density at radius 3 is 2.18 bits per heavy atom. The van der Waals surface area contributed by atoms with Gasteiger partial charge in [0.05, 0.1) is 0 Å². The second-order valence-electron chi connectivity index (χ2n) is 4.54. The van der Waals surface area contributed by atoms with Gasteiger partial charge in [0.2, 0.25) is 3.79 Å². The Morgan fingerprint density at radius 1 is 1.23 bits per heavy atom. The molecule has 6 nitrogen and oxygen atoms in total. The molecule has 0 aliphatic heterocycles. The molecular weight excluding hydrogens is 377 g/mol. The summed E-state index contributed by atoms with van der Waals surface area (Å²) >= 11 is 16.3. The molecule has 0 unspecified atom stereocenters. The zero-order valence-corrected chi connectivity index (χ0v) is 14.3. The van der Waals surface area contributed by atoms with E-state index >= 15 is 0 Å². The smallest absolute Gasteiger partial charge is 0.320 e. The second-order valence-corrected chi connectivity index (χ2v) is 8.70. The summed E-state index contributed by atoms with van der Waals surface area (Å²) in [5, 5.41) is 8.72. The number of aliphatic carboxylic acids is 1. The molecule has 0 bridgehead atoms. The molecule has 0 aliphatic carbocycles. The quantitative estimate of drug-likeness (QED) is 0.543. The topological polar surface area (TPSA) is 107 Å². The van der Waals surface area contributed by atoms with Gasteiger partial charge >= 0.3 is 5.97 Å². The van der Waals surface area contributed by atoms with Crippen LogP contribution in [0, 0.1) is 0 Å². The van der Waals surface area contributed by atoms with E-state index in [1.54, 1.807) is 24.3 Å². The van der Waals surface area contributed by atoms with E-state index in [1.807, 2.05) is 0 Å². The Kier molecular flexibility index (Phi) is 6.91. The molecule has 0 saturated heterocycles. The van der Waals surface area contributed by atoms with Crippen LogP contribution in [0.3, 0.4) is 0 Å². The number of nitrogens with two attached hydrogens (primary N) is 1.